The highest BCUT2D eigenvalue weighted by molar-refractivity contribution is 7.48. The normalized spacial score (nSPS) is 15.6. The van der Waals surface area contributed by atoms with Crippen LogP contribution in [0.25, 0.3) is 0 Å². The highest BCUT2D eigenvalue weighted by Gasteiger charge is 2.29. The first-order chi connectivity index (χ1) is 14.1. The van der Waals surface area contributed by atoms with Crippen LogP contribution in [0.15, 0.2) is 30.3 Å². The van der Waals surface area contributed by atoms with Gasteiger partial charge in [0.2, 0.25) is 0 Å². The summed E-state index contributed by atoms with van der Waals surface area (Å²) >= 11 is 0. The van der Waals surface area contributed by atoms with E-state index < -0.39 is 7.82 Å². The summed E-state index contributed by atoms with van der Waals surface area (Å²) in [5.74, 6) is 1.36. The minimum Gasteiger partial charge on any atom is -0.467 e. The van der Waals surface area contributed by atoms with Crippen molar-refractivity contribution in [3.05, 3.63) is 30.3 Å². The molecule has 1 aromatic carbocycles. The van der Waals surface area contributed by atoms with E-state index in [4.69, 9.17) is 18.3 Å². The maximum absolute atomic E-state index is 13.2. The molecule has 2 unspecified atom stereocenters. The number of ether oxygens (including phenoxy) is 1. The highest BCUT2D eigenvalue weighted by atomic mass is 31.2. The number of unbranched alkanes of at least 4 members (excludes halogenated alkanes) is 2. The van der Waals surface area contributed by atoms with Gasteiger partial charge in [-0.15, -0.1) is 0 Å². The molecule has 5 nitrogen and oxygen atoms in total. The molecule has 1 aromatic rings. The average Bonchev–Trinajstić information content (AvgIpc) is 2.75. The predicted octanol–water partition coefficient (Wildman–Crippen LogP) is 7.61. The summed E-state index contributed by atoms with van der Waals surface area (Å²) in [7, 11) is -3.68. The van der Waals surface area contributed by atoms with Gasteiger partial charge in [0.05, 0.1) is 13.2 Å². The Hall–Kier alpha value is -0.870. The zero-order valence-electron chi connectivity index (χ0n) is 18.8. The van der Waals surface area contributed by atoms with E-state index in [2.05, 4.69) is 27.7 Å². The second-order valence-electron chi connectivity index (χ2n) is 7.58. The van der Waals surface area contributed by atoms with Crippen LogP contribution in [0.5, 0.6) is 5.75 Å². The molecule has 0 saturated carbocycles. The van der Waals surface area contributed by atoms with E-state index in [9.17, 15) is 4.57 Å². The number of rotatable bonds is 18. The molecular formula is C23H41O5P. The molecule has 0 fully saturated rings. The van der Waals surface area contributed by atoms with E-state index in [1.54, 1.807) is 0 Å². The van der Waals surface area contributed by atoms with Crippen LogP contribution in [0.2, 0.25) is 0 Å². The third-order valence-electron chi connectivity index (χ3n) is 5.20. The summed E-state index contributed by atoms with van der Waals surface area (Å²) in [5, 5.41) is 0. The Labute approximate surface area is 178 Å². The topological polar surface area (TPSA) is 54.0 Å². The maximum Gasteiger partial charge on any atom is 0.477 e. The SMILES string of the molecule is CCCCC(CC)COP(=O)(OCOc1ccccc1)OCC(CC)CCCC. The van der Waals surface area contributed by atoms with Crippen LogP contribution >= 0.6 is 7.82 Å². The van der Waals surface area contributed by atoms with E-state index in [1.165, 1.54) is 0 Å². The van der Waals surface area contributed by atoms with Gasteiger partial charge in [0, 0.05) is 0 Å². The number of para-hydroxylation sites is 1. The minimum absolute atomic E-state index is 0.168. The Bertz CT molecular complexity index is 527. The molecule has 0 spiro atoms. The average molecular weight is 429 g/mol. The smallest absolute Gasteiger partial charge is 0.467 e. The fraction of sp³-hybridized carbons (Fsp3) is 0.739. The Balaban J connectivity index is 2.64. The third kappa shape index (κ3) is 11.8. The van der Waals surface area contributed by atoms with Crippen LogP contribution in [0.4, 0.5) is 0 Å². The van der Waals surface area contributed by atoms with Crippen molar-refractivity contribution >= 4 is 7.82 Å². The minimum atomic E-state index is -3.68. The largest absolute Gasteiger partial charge is 0.477 e. The quantitative estimate of drug-likeness (QED) is 0.178. The van der Waals surface area contributed by atoms with Crippen molar-refractivity contribution in [3.8, 4) is 5.75 Å². The standard InChI is InChI=1S/C23H41O5P/c1-5-9-14-21(7-3)18-26-29(24,27-19-22(8-4)15-10-6-2)28-20-25-23-16-12-11-13-17-23/h11-13,16-17,21-22H,5-10,14-15,18-20H2,1-4H3. The van der Waals surface area contributed by atoms with Gasteiger partial charge in [-0.05, 0) is 36.8 Å². The van der Waals surface area contributed by atoms with Crippen LogP contribution in [-0.4, -0.2) is 20.0 Å². The summed E-state index contributed by atoms with van der Waals surface area (Å²) in [6, 6.07) is 9.31. The second kappa shape index (κ2) is 15.9. The number of hydrogen-bond donors (Lipinski definition) is 0. The molecule has 0 aliphatic rings. The van der Waals surface area contributed by atoms with E-state index in [1.807, 2.05) is 30.3 Å². The lowest BCUT2D eigenvalue weighted by atomic mass is 10.0. The van der Waals surface area contributed by atoms with Gasteiger partial charge in [0.1, 0.15) is 5.75 Å². The molecule has 0 amide bonds. The van der Waals surface area contributed by atoms with E-state index >= 15 is 0 Å². The lowest BCUT2D eigenvalue weighted by molar-refractivity contribution is 0.0369. The Morgan fingerprint density at radius 3 is 1.76 bits per heavy atom. The first-order valence-electron chi connectivity index (χ1n) is 11.3. The number of benzene rings is 1. The van der Waals surface area contributed by atoms with Crippen LogP contribution in [0, 0.1) is 11.8 Å². The van der Waals surface area contributed by atoms with Crippen molar-refractivity contribution in [2.75, 3.05) is 20.0 Å². The summed E-state index contributed by atoms with van der Waals surface area (Å²) in [4.78, 5) is 0. The third-order valence-corrected chi connectivity index (χ3v) is 6.56. The second-order valence-corrected chi connectivity index (χ2v) is 9.25. The zero-order valence-corrected chi connectivity index (χ0v) is 19.7. The van der Waals surface area contributed by atoms with Crippen molar-refractivity contribution in [2.45, 2.75) is 79.1 Å². The molecule has 168 valence electrons. The van der Waals surface area contributed by atoms with Crippen molar-refractivity contribution in [1.82, 2.24) is 0 Å². The summed E-state index contributed by atoms with van der Waals surface area (Å²) in [6.45, 7) is 9.20. The molecular weight excluding hydrogens is 387 g/mol. The molecule has 0 radical (unpaired) electrons. The van der Waals surface area contributed by atoms with Gasteiger partial charge in [-0.3, -0.25) is 9.05 Å². The van der Waals surface area contributed by atoms with Crippen molar-refractivity contribution in [1.29, 1.82) is 0 Å². The summed E-state index contributed by atoms with van der Waals surface area (Å²) in [5.41, 5.74) is 0. The molecule has 0 aliphatic heterocycles. The molecule has 0 heterocycles. The first-order valence-corrected chi connectivity index (χ1v) is 12.7. The molecule has 0 aliphatic carbocycles. The Morgan fingerprint density at radius 1 is 0.793 bits per heavy atom. The summed E-state index contributed by atoms with van der Waals surface area (Å²) < 4.78 is 35.8. The number of hydrogen-bond acceptors (Lipinski definition) is 5. The zero-order chi connectivity index (χ0) is 21.4. The van der Waals surface area contributed by atoms with Crippen LogP contribution in [-0.2, 0) is 18.1 Å². The van der Waals surface area contributed by atoms with Crippen LogP contribution in [0.3, 0.4) is 0 Å². The van der Waals surface area contributed by atoms with Gasteiger partial charge in [-0.25, -0.2) is 9.09 Å². The lowest BCUT2D eigenvalue weighted by Gasteiger charge is -2.23. The first kappa shape index (κ1) is 26.2. The number of phosphoric acid groups is 1. The number of phosphoric ester groups is 1. The van der Waals surface area contributed by atoms with E-state index in [0.717, 1.165) is 51.4 Å². The van der Waals surface area contributed by atoms with Crippen molar-refractivity contribution < 1.29 is 22.9 Å². The van der Waals surface area contributed by atoms with Crippen LogP contribution < -0.4 is 4.74 Å². The van der Waals surface area contributed by atoms with Gasteiger partial charge in [-0.1, -0.05) is 84.4 Å². The molecule has 1 rings (SSSR count). The fourth-order valence-corrected chi connectivity index (χ4v) is 4.17. The van der Waals surface area contributed by atoms with Gasteiger partial charge in [0.25, 0.3) is 0 Å². The molecule has 6 heteroatoms. The maximum atomic E-state index is 13.2. The monoisotopic (exact) mass is 428 g/mol. The molecule has 0 aromatic heterocycles. The molecule has 0 N–H and O–H groups in total. The van der Waals surface area contributed by atoms with Crippen molar-refractivity contribution in [3.63, 3.8) is 0 Å². The fourth-order valence-electron chi connectivity index (χ4n) is 2.98. The lowest BCUT2D eigenvalue weighted by Crippen LogP contribution is -2.14. The van der Waals surface area contributed by atoms with E-state index in [-0.39, 0.29) is 6.79 Å². The molecule has 29 heavy (non-hydrogen) atoms. The van der Waals surface area contributed by atoms with Gasteiger partial charge < -0.3 is 4.74 Å². The van der Waals surface area contributed by atoms with Crippen LogP contribution in [0.1, 0.15) is 79.1 Å². The summed E-state index contributed by atoms with van der Waals surface area (Å²) in [6.07, 6.45) is 8.63. The van der Waals surface area contributed by atoms with Gasteiger partial charge in [-0.2, -0.15) is 0 Å². The highest BCUT2D eigenvalue weighted by Crippen LogP contribution is 2.50. The van der Waals surface area contributed by atoms with Gasteiger partial charge in [0.15, 0.2) is 6.79 Å². The Morgan fingerprint density at radius 2 is 1.31 bits per heavy atom. The van der Waals surface area contributed by atoms with Crippen molar-refractivity contribution in [2.24, 2.45) is 11.8 Å². The molecule has 0 saturated heterocycles. The van der Waals surface area contributed by atoms with E-state index in [0.29, 0.717) is 30.8 Å². The predicted molar refractivity (Wildman–Crippen MR) is 119 cm³/mol. The molecule has 2 atom stereocenters. The molecule has 0 bridgehead atoms. The van der Waals surface area contributed by atoms with Gasteiger partial charge >= 0.3 is 7.82 Å². The Kier molecular flexibility index (Phi) is 14.3.